The molecule has 0 radical (unpaired) electrons. The van der Waals surface area contributed by atoms with Crippen molar-refractivity contribution in [1.29, 1.82) is 0 Å². The van der Waals surface area contributed by atoms with E-state index in [0.29, 0.717) is 13.2 Å². The van der Waals surface area contributed by atoms with Crippen molar-refractivity contribution in [3.8, 4) is 5.75 Å². The smallest absolute Gasteiger partial charge is 0.330 e. The maximum Gasteiger partial charge on any atom is 0.330 e. The van der Waals surface area contributed by atoms with Crippen LogP contribution in [0, 0.1) is 0 Å². The number of rotatable bonds is 7. The summed E-state index contributed by atoms with van der Waals surface area (Å²) in [6.07, 6.45) is 5.73. The molecule has 1 aromatic carbocycles. The maximum atomic E-state index is 11.4. The van der Waals surface area contributed by atoms with Gasteiger partial charge in [-0.05, 0) is 57.1 Å². The lowest BCUT2D eigenvalue weighted by atomic mass is 10.2. The van der Waals surface area contributed by atoms with E-state index < -0.39 is 0 Å². The van der Waals surface area contributed by atoms with Gasteiger partial charge in [-0.2, -0.15) is 0 Å². The van der Waals surface area contributed by atoms with E-state index in [9.17, 15) is 4.79 Å². The van der Waals surface area contributed by atoms with Crippen molar-refractivity contribution in [2.24, 2.45) is 0 Å². The second kappa shape index (κ2) is 8.96. The van der Waals surface area contributed by atoms with Crippen LogP contribution in [-0.2, 0) is 9.53 Å². The Labute approximate surface area is 140 Å². The molecule has 22 heavy (non-hydrogen) atoms. The molecule has 5 heteroatoms. The quantitative estimate of drug-likeness (QED) is 0.546. The number of nitrogens with zero attached hydrogens (tertiary/aromatic N) is 1. The average molecular weight is 368 g/mol. The standard InChI is InChI=1S/C17H22BrNO3/c1-2-21-17(20)8-5-14-13-15(18)6-7-16(14)22-12-11-19-9-3-4-10-19/h5-8,13H,2-4,9-12H2,1H3/b8-5+. The van der Waals surface area contributed by atoms with Crippen molar-refractivity contribution in [2.75, 3.05) is 32.8 Å². The third kappa shape index (κ3) is 5.46. The molecule has 2 rings (SSSR count). The number of halogens is 1. The van der Waals surface area contributed by atoms with Crippen LogP contribution in [0.2, 0.25) is 0 Å². The van der Waals surface area contributed by atoms with E-state index in [-0.39, 0.29) is 5.97 Å². The van der Waals surface area contributed by atoms with E-state index in [2.05, 4.69) is 20.8 Å². The molecule has 120 valence electrons. The molecule has 0 unspecified atom stereocenters. The van der Waals surface area contributed by atoms with Gasteiger partial charge in [0.15, 0.2) is 0 Å². The summed E-state index contributed by atoms with van der Waals surface area (Å²) in [5.74, 6) is 0.438. The van der Waals surface area contributed by atoms with Gasteiger partial charge in [0, 0.05) is 22.7 Å². The van der Waals surface area contributed by atoms with Crippen LogP contribution in [0.25, 0.3) is 6.08 Å². The normalized spacial score (nSPS) is 15.4. The first kappa shape index (κ1) is 17.0. The number of hydrogen-bond donors (Lipinski definition) is 0. The molecular weight excluding hydrogens is 346 g/mol. The SMILES string of the molecule is CCOC(=O)/C=C/c1cc(Br)ccc1OCCN1CCCC1. The van der Waals surface area contributed by atoms with Crippen LogP contribution in [0.4, 0.5) is 0 Å². The molecule has 1 fully saturated rings. The summed E-state index contributed by atoms with van der Waals surface area (Å²) in [5.41, 5.74) is 0.865. The number of hydrogen-bond acceptors (Lipinski definition) is 4. The molecule has 0 bridgehead atoms. The van der Waals surface area contributed by atoms with Gasteiger partial charge in [0.1, 0.15) is 12.4 Å². The van der Waals surface area contributed by atoms with Crippen LogP contribution in [-0.4, -0.2) is 43.7 Å². The molecule has 0 aliphatic carbocycles. The van der Waals surface area contributed by atoms with Gasteiger partial charge in [0.2, 0.25) is 0 Å². The number of carbonyl (C=O) groups excluding carboxylic acids is 1. The number of ether oxygens (including phenoxy) is 2. The summed E-state index contributed by atoms with van der Waals surface area (Å²) in [6.45, 7) is 6.09. The molecular formula is C17H22BrNO3. The first-order valence-corrected chi connectivity index (χ1v) is 8.48. The van der Waals surface area contributed by atoms with Gasteiger partial charge in [-0.1, -0.05) is 15.9 Å². The zero-order valence-corrected chi connectivity index (χ0v) is 14.5. The Morgan fingerprint density at radius 2 is 2.14 bits per heavy atom. The van der Waals surface area contributed by atoms with E-state index in [4.69, 9.17) is 9.47 Å². The van der Waals surface area contributed by atoms with Crippen LogP contribution in [0.3, 0.4) is 0 Å². The molecule has 1 aliphatic heterocycles. The lowest BCUT2D eigenvalue weighted by Gasteiger charge is -2.16. The number of benzene rings is 1. The van der Waals surface area contributed by atoms with E-state index in [1.807, 2.05) is 18.2 Å². The molecule has 0 amide bonds. The Hall–Kier alpha value is -1.33. The largest absolute Gasteiger partial charge is 0.492 e. The highest BCUT2D eigenvalue weighted by Crippen LogP contribution is 2.24. The Morgan fingerprint density at radius 1 is 1.36 bits per heavy atom. The Bertz CT molecular complexity index is 525. The predicted molar refractivity (Wildman–Crippen MR) is 91.0 cm³/mol. The lowest BCUT2D eigenvalue weighted by molar-refractivity contribution is -0.137. The maximum absolute atomic E-state index is 11.4. The van der Waals surface area contributed by atoms with E-state index in [1.165, 1.54) is 32.0 Å². The van der Waals surface area contributed by atoms with Gasteiger partial charge < -0.3 is 9.47 Å². The molecule has 0 N–H and O–H groups in total. The molecule has 1 saturated heterocycles. The predicted octanol–water partition coefficient (Wildman–Crippen LogP) is 3.50. The van der Waals surface area contributed by atoms with Crippen molar-refractivity contribution in [2.45, 2.75) is 19.8 Å². The second-order valence-electron chi connectivity index (χ2n) is 5.16. The molecule has 0 spiro atoms. The Kier molecular flexibility index (Phi) is 6.93. The summed E-state index contributed by atoms with van der Waals surface area (Å²) >= 11 is 3.44. The van der Waals surface area contributed by atoms with Gasteiger partial charge in [-0.3, -0.25) is 4.90 Å². The minimum Gasteiger partial charge on any atom is -0.492 e. The Morgan fingerprint density at radius 3 is 2.86 bits per heavy atom. The van der Waals surface area contributed by atoms with Crippen LogP contribution in [0.1, 0.15) is 25.3 Å². The average Bonchev–Trinajstić information content (AvgIpc) is 3.00. The van der Waals surface area contributed by atoms with Crippen molar-refractivity contribution in [3.05, 3.63) is 34.3 Å². The molecule has 0 aromatic heterocycles. The van der Waals surface area contributed by atoms with Crippen LogP contribution in [0.5, 0.6) is 5.75 Å². The zero-order chi connectivity index (χ0) is 15.8. The van der Waals surface area contributed by atoms with E-state index >= 15 is 0 Å². The summed E-state index contributed by atoms with van der Waals surface area (Å²) in [4.78, 5) is 13.8. The van der Waals surface area contributed by atoms with Crippen molar-refractivity contribution < 1.29 is 14.3 Å². The highest BCUT2D eigenvalue weighted by molar-refractivity contribution is 9.10. The summed E-state index contributed by atoms with van der Waals surface area (Å²) < 4.78 is 11.7. The van der Waals surface area contributed by atoms with Crippen LogP contribution >= 0.6 is 15.9 Å². The van der Waals surface area contributed by atoms with Crippen LogP contribution in [0.15, 0.2) is 28.7 Å². The molecule has 1 aromatic rings. The van der Waals surface area contributed by atoms with Crippen molar-refractivity contribution in [3.63, 3.8) is 0 Å². The highest BCUT2D eigenvalue weighted by Gasteiger charge is 2.11. The molecule has 4 nitrogen and oxygen atoms in total. The number of likely N-dealkylation sites (tertiary alicyclic amines) is 1. The molecule has 1 heterocycles. The first-order chi connectivity index (χ1) is 10.7. The summed E-state index contributed by atoms with van der Waals surface area (Å²) in [7, 11) is 0. The molecule has 0 atom stereocenters. The first-order valence-electron chi connectivity index (χ1n) is 7.68. The fourth-order valence-corrected chi connectivity index (χ4v) is 2.80. The van der Waals surface area contributed by atoms with Crippen molar-refractivity contribution in [1.82, 2.24) is 4.90 Å². The van der Waals surface area contributed by atoms with Gasteiger partial charge >= 0.3 is 5.97 Å². The van der Waals surface area contributed by atoms with Gasteiger partial charge in [-0.15, -0.1) is 0 Å². The minimum absolute atomic E-state index is 0.342. The monoisotopic (exact) mass is 367 g/mol. The fraction of sp³-hybridized carbons (Fsp3) is 0.471. The summed E-state index contributed by atoms with van der Waals surface area (Å²) in [5, 5.41) is 0. The summed E-state index contributed by atoms with van der Waals surface area (Å²) in [6, 6.07) is 5.78. The minimum atomic E-state index is -0.342. The van der Waals surface area contributed by atoms with Gasteiger partial charge in [0.05, 0.1) is 6.61 Å². The fourth-order valence-electron chi connectivity index (χ4n) is 2.42. The second-order valence-corrected chi connectivity index (χ2v) is 6.08. The van der Waals surface area contributed by atoms with E-state index in [0.717, 1.165) is 22.3 Å². The van der Waals surface area contributed by atoms with Crippen LogP contribution < -0.4 is 4.74 Å². The Balaban J connectivity index is 1.95. The third-order valence-electron chi connectivity index (χ3n) is 3.52. The van der Waals surface area contributed by atoms with Gasteiger partial charge in [-0.25, -0.2) is 4.79 Å². The number of carbonyl (C=O) groups is 1. The van der Waals surface area contributed by atoms with Crippen molar-refractivity contribution >= 4 is 28.0 Å². The third-order valence-corrected chi connectivity index (χ3v) is 4.01. The lowest BCUT2D eigenvalue weighted by Crippen LogP contribution is -2.25. The van der Waals surface area contributed by atoms with E-state index in [1.54, 1.807) is 13.0 Å². The van der Waals surface area contributed by atoms with Gasteiger partial charge in [0.25, 0.3) is 0 Å². The highest BCUT2D eigenvalue weighted by atomic mass is 79.9. The number of esters is 1. The zero-order valence-electron chi connectivity index (χ0n) is 12.9. The topological polar surface area (TPSA) is 38.8 Å². The molecule has 1 aliphatic rings. The molecule has 0 saturated carbocycles.